The first-order valence-electron chi connectivity index (χ1n) is 10.5. The SMILES string of the molecule is Cc1ccc(Nc2ncc(C(F)(F)F)c(Nc3ccccc3C3CCCCC3)n2)cc1. The van der Waals surface area contributed by atoms with Gasteiger partial charge in [-0.1, -0.05) is 55.2 Å². The van der Waals surface area contributed by atoms with Gasteiger partial charge in [-0.3, -0.25) is 0 Å². The van der Waals surface area contributed by atoms with E-state index in [1.807, 2.05) is 55.5 Å². The lowest BCUT2D eigenvalue weighted by molar-refractivity contribution is -0.137. The van der Waals surface area contributed by atoms with Crippen molar-refractivity contribution in [2.75, 3.05) is 10.6 Å². The Labute approximate surface area is 179 Å². The molecule has 7 heteroatoms. The first-order valence-corrected chi connectivity index (χ1v) is 10.5. The van der Waals surface area contributed by atoms with E-state index in [1.165, 1.54) is 6.42 Å². The molecule has 0 bridgehead atoms. The molecule has 1 fully saturated rings. The summed E-state index contributed by atoms with van der Waals surface area (Å²) in [6, 6.07) is 15.1. The fourth-order valence-electron chi connectivity index (χ4n) is 4.02. The second-order valence-corrected chi connectivity index (χ2v) is 7.99. The normalized spacial score (nSPS) is 15.0. The fraction of sp³-hybridized carbons (Fsp3) is 0.333. The molecular weight excluding hydrogens is 401 g/mol. The van der Waals surface area contributed by atoms with E-state index in [-0.39, 0.29) is 11.8 Å². The minimum absolute atomic E-state index is 0.106. The summed E-state index contributed by atoms with van der Waals surface area (Å²) in [5, 5.41) is 5.95. The molecule has 1 heterocycles. The zero-order chi connectivity index (χ0) is 21.8. The van der Waals surface area contributed by atoms with Crippen LogP contribution in [0.2, 0.25) is 0 Å². The molecule has 1 aliphatic carbocycles. The summed E-state index contributed by atoms with van der Waals surface area (Å²) >= 11 is 0. The van der Waals surface area contributed by atoms with Gasteiger partial charge in [0.2, 0.25) is 5.95 Å². The Morgan fingerprint density at radius 3 is 2.32 bits per heavy atom. The molecule has 0 amide bonds. The van der Waals surface area contributed by atoms with Crippen molar-refractivity contribution in [3.05, 3.63) is 71.4 Å². The van der Waals surface area contributed by atoms with E-state index in [0.29, 0.717) is 17.3 Å². The second-order valence-electron chi connectivity index (χ2n) is 7.99. The van der Waals surface area contributed by atoms with Gasteiger partial charge in [-0.15, -0.1) is 0 Å². The van der Waals surface area contributed by atoms with Crippen LogP contribution in [0.25, 0.3) is 0 Å². The highest BCUT2D eigenvalue weighted by atomic mass is 19.4. The van der Waals surface area contributed by atoms with E-state index in [9.17, 15) is 13.2 Å². The maximum atomic E-state index is 13.7. The molecule has 162 valence electrons. The van der Waals surface area contributed by atoms with Gasteiger partial charge < -0.3 is 10.6 Å². The Morgan fingerprint density at radius 2 is 1.61 bits per heavy atom. The standard InChI is InChI=1S/C24H25F3N4/c1-16-11-13-18(14-12-16)29-23-28-15-20(24(25,26)27)22(31-23)30-21-10-6-5-9-19(21)17-7-3-2-4-8-17/h5-6,9-15,17H,2-4,7-8H2,1H3,(H2,28,29,30,31). The van der Waals surface area contributed by atoms with Gasteiger partial charge >= 0.3 is 6.18 Å². The van der Waals surface area contributed by atoms with Crippen molar-refractivity contribution in [2.24, 2.45) is 0 Å². The summed E-state index contributed by atoms with van der Waals surface area (Å²) in [6.07, 6.45) is 1.86. The molecule has 0 saturated heterocycles. The van der Waals surface area contributed by atoms with Crippen molar-refractivity contribution >= 4 is 23.1 Å². The summed E-state index contributed by atoms with van der Waals surface area (Å²) in [5.74, 6) is 0.202. The molecule has 0 atom stereocenters. The van der Waals surface area contributed by atoms with Crippen molar-refractivity contribution in [1.82, 2.24) is 9.97 Å². The maximum Gasteiger partial charge on any atom is 0.421 e. The topological polar surface area (TPSA) is 49.8 Å². The van der Waals surface area contributed by atoms with Crippen molar-refractivity contribution in [2.45, 2.75) is 51.1 Å². The second kappa shape index (κ2) is 8.96. The third-order valence-electron chi connectivity index (χ3n) is 5.66. The Hall–Kier alpha value is -3.09. The van der Waals surface area contributed by atoms with E-state index in [4.69, 9.17) is 0 Å². The third-order valence-corrected chi connectivity index (χ3v) is 5.66. The molecule has 0 aliphatic heterocycles. The van der Waals surface area contributed by atoms with Crippen LogP contribution in [0.1, 0.15) is 54.7 Å². The molecule has 1 aromatic heterocycles. The molecule has 0 spiro atoms. The Bertz CT molecular complexity index is 1030. The highest BCUT2D eigenvalue weighted by molar-refractivity contribution is 5.66. The zero-order valence-electron chi connectivity index (χ0n) is 17.3. The smallest absolute Gasteiger partial charge is 0.339 e. The Kier molecular flexibility index (Phi) is 6.11. The van der Waals surface area contributed by atoms with Crippen LogP contribution in [0, 0.1) is 6.92 Å². The van der Waals surface area contributed by atoms with Crippen LogP contribution in [0.3, 0.4) is 0 Å². The van der Waals surface area contributed by atoms with Crippen LogP contribution < -0.4 is 10.6 Å². The molecule has 4 nitrogen and oxygen atoms in total. The van der Waals surface area contributed by atoms with E-state index < -0.39 is 11.7 Å². The van der Waals surface area contributed by atoms with E-state index >= 15 is 0 Å². The zero-order valence-corrected chi connectivity index (χ0v) is 17.3. The summed E-state index contributed by atoms with van der Waals surface area (Å²) in [5.41, 5.74) is 2.61. The lowest BCUT2D eigenvalue weighted by Crippen LogP contribution is -2.14. The minimum atomic E-state index is -4.56. The highest BCUT2D eigenvalue weighted by Crippen LogP contribution is 2.39. The highest BCUT2D eigenvalue weighted by Gasteiger charge is 2.35. The van der Waals surface area contributed by atoms with E-state index in [2.05, 4.69) is 20.6 Å². The first kappa shape index (κ1) is 21.2. The predicted octanol–water partition coefficient (Wildman–Crippen LogP) is 7.34. The van der Waals surface area contributed by atoms with Crippen molar-refractivity contribution in [1.29, 1.82) is 0 Å². The van der Waals surface area contributed by atoms with Crippen LogP contribution in [0.4, 0.5) is 36.3 Å². The lowest BCUT2D eigenvalue weighted by Gasteiger charge is -2.25. The molecule has 31 heavy (non-hydrogen) atoms. The lowest BCUT2D eigenvalue weighted by atomic mass is 9.83. The monoisotopic (exact) mass is 426 g/mol. The number of para-hydroxylation sites is 1. The average molecular weight is 426 g/mol. The van der Waals surface area contributed by atoms with Crippen LogP contribution >= 0.6 is 0 Å². The quantitative estimate of drug-likeness (QED) is 0.448. The number of hydrogen-bond acceptors (Lipinski definition) is 4. The molecule has 1 aliphatic rings. The molecule has 2 N–H and O–H groups in total. The maximum absolute atomic E-state index is 13.7. The number of aromatic nitrogens is 2. The fourth-order valence-corrected chi connectivity index (χ4v) is 4.02. The number of rotatable bonds is 5. The minimum Gasteiger partial charge on any atom is -0.339 e. The van der Waals surface area contributed by atoms with Crippen LogP contribution in [0.5, 0.6) is 0 Å². The molecule has 0 unspecified atom stereocenters. The average Bonchev–Trinajstić information content (AvgIpc) is 2.76. The molecule has 2 aromatic carbocycles. The van der Waals surface area contributed by atoms with Gasteiger partial charge in [0.25, 0.3) is 0 Å². The van der Waals surface area contributed by atoms with Gasteiger partial charge in [-0.25, -0.2) is 4.98 Å². The van der Waals surface area contributed by atoms with Crippen LogP contribution in [-0.2, 0) is 6.18 Å². The first-order chi connectivity index (χ1) is 14.9. The number of nitrogens with one attached hydrogen (secondary N) is 2. The summed E-state index contributed by atoms with van der Waals surface area (Å²) in [6.45, 7) is 1.96. The van der Waals surface area contributed by atoms with Gasteiger partial charge in [0, 0.05) is 17.6 Å². The molecule has 3 aromatic rings. The summed E-state index contributed by atoms with van der Waals surface area (Å²) < 4.78 is 41.0. The van der Waals surface area contributed by atoms with Crippen LogP contribution in [0.15, 0.2) is 54.7 Å². The molecular formula is C24H25F3N4. The third kappa shape index (κ3) is 5.16. The number of nitrogens with zero attached hydrogens (tertiary/aromatic N) is 2. The number of aryl methyl sites for hydroxylation is 1. The number of hydrogen-bond donors (Lipinski definition) is 2. The van der Waals surface area contributed by atoms with Gasteiger partial charge in [0.15, 0.2) is 0 Å². The van der Waals surface area contributed by atoms with Crippen LogP contribution in [-0.4, -0.2) is 9.97 Å². The summed E-state index contributed by atoms with van der Waals surface area (Å²) in [4.78, 5) is 8.08. The van der Waals surface area contributed by atoms with Gasteiger partial charge in [-0.2, -0.15) is 18.2 Å². The number of halogens is 3. The van der Waals surface area contributed by atoms with E-state index in [0.717, 1.165) is 43.0 Å². The van der Waals surface area contributed by atoms with Gasteiger partial charge in [0.05, 0.1) is 0 Å². The van der Waals surface area contributed by atoms with Gasteiger partial charge in [0.1, 0.15) is 11.4 Å². The van der Waals surface area contributed by atoms with Crippen molar-refractivity contribution in [3.8, 4) is 0 Å². The van der Waals surface area contributed by atoms with E-state index in [1.54, 1.807) is 0 Å². The molecule has 0 radical (unpaired) electrons. The molecule has 1 saturated carbocycles. The largest absolute Gasteiger partial charge is 0.421 e. The predicted molar refractivity (Wildman–Crippen MR) is 117 cm³/mol. The molecule has 4 rings (SSSR count). The summed E-state index contributed by atoms with van der Waals surface area (Å²) in [7, 11) is 0. The Balaban J connectivity index is 1.67. The van der Waals surface area contributed by atoms with Crippen molar-refractivity contribution < 1.29 is 13.2 Å². The Morgan fingerprint density at radius 1 is 0.903 bits per heavy atom. The number of alkyl halides is 3. The van der Waals surface area contributed by atoms with Gasteiger partial charge in [-0.05, 0) is 49.4 Å². The number of benzene rings is 2. The van der Waals surface area contributed by atoms with Crippen molar-refractivity contribution in [3.63, 3.8) is 0 Å². The number of anilines is 4.